The highest BCUT2D eigenvalue weighted by molar-refractivity contribution is 7.17. The van der Waals surface area contributed by atoms with Gasteiger partial charge in [0.15, 0.2) is 5.13 Å². The summed E-state index contributed by atoms with van der Waals surface area (Å²) in [5.74, 6) is -0.185. The first-order valence-corrected chi connectivity index (χ1v) is 11.3. The Morgan fingerprint density at radius 3 is 2.87 bits per heavy atom. The number of fused-ring (bicyclic) bond motifs is 1. The summed E-state index contributed by atoms with van der Waals surface area (Å²) in [6.45, 7) is 4.10. The molecule has 0 atom stereocenters. The first kappa shape index (κ1) is 20.3. The first-order chi connectivity index (χ1) is 14.5. The van der Waals surface area contributed by atoms with Gasteiger partial charge in [0.2, 0.25) is 11.8 Å². The lowest BCUT2D eigenvalue weighted by molar-refractivity contribution is -0.119. The van der Waals surface area contributed by atoms with Crippen LogP contribution in [-0.2, 0) is 29.0 Å². The van der Waals surface area contributed by atoms with Crippen molar-refractivity contribution in [3.05, 3.63) is 58.0 Å². The maximum Gasteiger partial charge on any atom is 0.230 e. The zero-order chi connectivity index (χ0) is 21.1. The zero-order valence-corrected chi connectivity index (χ0v) is 18.3. The molecule has 0 saturated carbocycles. The number of aromatic nitrogens is 1. The van der Waals surface area contributed by atoms with Crippen LogP contribution >= 0.6 is 22.7 Å². The van der Waals surface area contributed by atoms with Crippen LogP contribution in [0.2, 0.25) is 0 Å². The molecule has 0 aliphatic rings. The summed E-state index contributed by atoms with van der Waals surface area (Å²) in [4.78, 5) is 30.2. The van der Waals surface area contributed by atoms with Crippen LogP contribution in [-0.4, -0.2) is 16.8 Å². The van der Waals surface area contributed by atoms with E-state index in [2.05, 4.69) is 28.6 Å². The number of hydrogen-bond donors (Lipinski definition) is 2. The molecule has 3 aromatic heterocycles. The predicted octanol–water partition coefficient (Wildman–Crippen LogP) is 5.00. The number of aryl methyl sites for hydroxylation is 1. The fourth-order valence-corrected chi connectivity index (χ4v) is 4.80. The molecule has 30 heavy (non-hydrogen) atoms. The number of thiazole rings is 1. The average Bonchev–Trinajstić information content (AvgIpc) is 3.46. The quantitative estimate of drug-likeness (QED) is 0.425. The summed E-state index contributed by atoms with van der Waals surface area (Å²) >= 11 is 2.96. The highest BCUT2D eigenvalue weighted by Crippen LogP contribution is 2.31. The molecular formula is C22H21N3O3S2. The predicted molar refractivity (Wildman–Crippen MR) is 121 cm³/mol. The van der Waals surface area contributed by atoms with Gasteiger partial charge in [-0.25, -0.2) is 4.98 Å². The second kappa shape index (κ2) is 8.81. The van der Waals surface area contributed by atoms with Crippen LogP contribution < -0.4 is 10.6 Å². The van der Waals surface area contributed by atoms with Gasteiger partial charge in [-0.2, -0.15) is 0 Å². The molecule has 4 aromatic rings. The maximum absolute atomic E-state index is 12.5. The summed E-state index contributed by atoms with van der Waals surface area (Å²) in [6.07, 6.45) is 2.82. The Morgan fingerprint density at radius 1 is 1.20 bits per heavy atom. The topological polar surface area (TPSA) is 84.2 Å². The Bertz CT molecular complexity index is 1210. The number of nitrogens with one attached hydrogen (secondary N) is 2. The van der Waals surface area contributed by atoms with Crippen LogP contribution in [0.4, 0.5) is 5.13 Å². The molecule has 0 fully saturated rings. The highest BCUT2D eigenvalue weighted by Gasteiger charge is 2.14. The Labute approximate surface area is 181 Å². The van der Waals surface area contributed by atoms with Crippen LogP contribution in [0.15, 0.2) is 46.4 Å². The smallest absolute Gasteiger partial charge is 0.230 e. The zero-order valence-electron chi connectivity index (χ0n) is 16.7. The van der Waals surface area contributed by atoms with Crippen molar-refractivity contribution in [3.8, 4) is 10.6 Å². The third kappa shape index (κ3) is 4.60. The Hall–Kier alpha value is -2.97. The molecule has 2 N–H and O–H groups in total. The van der Waals surface area contributed by atoms with Gasteiger partial charge >= 0.3 is 0 Å². The van der Waals surface area contributed by atoms with E-state index in [9.17, 15) is 9.59 Å². The van der Waals surface area contributed by atoms with Gasteiger partial charge in [-0.1, -0.05) is 19.1 Å². The molecule has 0 aliphatic carbocycles. The van der Waals surface area contributed by atoms with Crippen molar-refractivity contribution in [2.45, 2.75) is 33.2 Å². The fraction of sp³-hybridized carbons (Fsp3) is 0.227. The van der Waals surface area contributed by atoms with Crippen LogP contribution in [0.1, 0.15) is 29.9 Å². The lowest BCUT2D eigenvalue weighted by Crippen LogP contribution is -2.17. The van der Waals surface area contributed by atoms with Crippen LogP contribution in [0, 0.1) is 0 Å². The van der Waals surface area contributed by atoms with E-state index in [-0.39, 0.29) is 18.2 Å². The Morgan fingerprint density at radius 2 is 2.07 bits per heavy atom. The molecule has 6 nitrogen and oxygen atoms in total. The molecule has 3 heterocycles. The van der Waals surface area contributed by atoms with Gasteiger partial charge in [0.05, 0.1) is 29.8 Å². The van der Waals surface area contributed by atoms with E-state index >= 15 is 0 Å². The number of benzene rings is 1. The van der Waals surface area contributed by atoms with Gasteiger partial charge < -0.3 is 15.1 Å². The summed E-state index contributed by atoms with van der Waals surface area (Å²) in [5.41, 5.74) is 3.69. The number of nitrogens with zero attached hydrogens (tertiary/aromatic N) is 1. The number of furan rings is 1. The molecule has 154 valence electrons. The van der Waals surface area contributed by atoms with E-state index < -0.39 is 0 Å². The van der Waals surface area contributed by atoms with E-state index in [1.165, 1.54) is 23.8 Å². The monoisotopic (exact) mass is 439 g/mol. The number of hydrogen-bond acceptors (Lipinski definition) is 6. The summed E-state index contributed by atoms with van der Waals surface area (Å²) < 4.78 is 5.62. The molecule has 0 bridgehead atoms. The molecule has 1 aromatic carbocycles. The van der Waals surface area contributed by atoms with Crippen molar-refractivity contribution < 1.29 is 14.0 Å². The summed E-state index contributed by atoms with van der Waals surface area (Å²) in [5, 5.41) is 9.11. The lowest BCUT2D eigenvalue weighted by atomic mass is 10.1. The second-order valence-corrected chi connectivity index (χ2v) is 8.91. The van der Waals surface area contributed by atoms with Crippen molar-refractivity contribution in [1.82, 2.24) is 10.3 Å². The van der Waals surface area contributed by atoms with Crippen molar-refractivity contribution >= 4 is 50.6 Å². The molecular weight excluding hydrogens is 418 g/mol. The van der Waals surface area contributed by atoms with E-state index in [1.807, 2.05) is 29.6 Å². The minimum absolute atomic E-state index is 0.0557. The van der Waals surface area contributed by atoms with Crippen molar-refractivity contribution in [2.75, 3.05) is 5.32 Å². The van der Waals surface area contributed by atoms with Gasteiger partial charge in [0.1, 0.15) is 5.58 Å². The fourth-order valence-electron chi connectivity index (χ4n) is 3.09. The molecule has 4 rings (SSSR count). The molecule has 0 unspecified atom stereocenters. The lowest BCUT2D eigenvalue weighted by Gasteiger charge is -2.01. The third-order valence-electron chi connectivity index (χ3n) is 4.66. The SMILES string of the molecule is CCc1ccc2c(CC(=O)Nc3nc(-c4ccc(CNC(C)=O)s4)cs3)coc2c1. The summed E-state index contributed by atoms with van der Waals surface area (Å²) in [6, 6.07) is 10.0. The average molecular weight is 440 g/mol. The molecule has 0 aliphatic heterocycles. The van der Waals surface area contributed by atoms with Gasteiger partial charge in [-0.15, -0.1) is 22.7 Å². The standard InChI is InChI=1S/C22H21N3O3S2/c1-3-14-4-6-17-15(11-28-19(17)8-14)9-21(27)25-22-24-18(12-29-22)20-7-5-16(30-20)10-23-13(2)26/h4-8,11-12H,3,9-10H2,1-2H3,(H,23,26)(H,24,25,27). The second-order valence-electron chi connectivity index (χ2n) is 6.88. The number of carbonyl (C=O) groups is 2. The van der Waals surface area contributed by atoms with E-state index in [0.29, 0.717) is 11.7 Å². The molecule has 2 amide bonds. The van der Waals surface area contributed by atoms with Crippen molar-refractivity contribution in [2.24, 2.45) is 0 Å². The summed E-state index contributed by atoms with van der Waals surface area (Å²) in [7, 11) is 0. The number of carbonyl (C=O) groups excluding carboxylic acids is 2. The highest BCUT2D eigenvalue weighted by atomic mass is 32.1. The number of rotatable bonds is 7. The largest absolute Gasteiger partial charge is 0.464 e. The molecule has 0 spiro atoms. The van der Waals surface area contributed by atoms with Crippen LogP contribution in [0.5, 0.6) is 0 Å². The van der Waals surface area contributed by atoms with Crippen LogP contribution in [0.3, 0.4) is 0 Å². The molecule has 0 saturated heterocycles. The Balaban J connectivity index is 1.40. The first-order valence-electron chi connectivity index (χ1n) is 9.59. The van der Waals surface area contributed by atoms with E-state index in [1.54, 1.807) is 17.6 Å². The normalized spacial score (nSPS) is 11.0. The Kier molecular flexibility index (Phi) is 5.96. The van der Waals surface area contributed by atoms with Crippen molar-refractivity contribution in [3.63, 3.8) is 0 Å². The molecule has 8 heteroatoms. The van der Waals surface area contributed by atoms with Gasteiger partial charge in [-0.05, 0) is 30.2 Å². The van der Waals surface area contributed by atoms with Gasteiger partial charge in [0.25, 0.3) is 0 Å². The number of thiophene rings is 1. The minimum atomic E-state index is -0.129. The van der Waals surface area contributed by atoms with Crippen LogP contribution in [0.25, 0.3) is 21.5 Å². The minimum Gasteiger partial charge on any atom is -0.464 e. The number of amides is 2. The van der Waals surface area contributed by atoms with E-state index in [0.717, 1.165) is 38.4 Å². The third-order valence-corrected chi connectivity index (χ3v) is 6.52. The van der Waals surface area contributed by atoms with E-state index in [4.69, 9.17) is 4.42 Å². The number of anilines is 1. The van der Waals surface area contributed by atoms with Gasteiger partial charge in [0, 0.05) is 28.1 Å². The maximum atomic E-state index is 12.5. The van der Waals surface area contributed by atoms with Gasteiger partial charge in [-0.3, -0.25) is 9.59 Å². The van der Waals surface area contributed by atoms with Crippen molar-refractivity contribution in [1.29, 1.82) is 0 Å². The molecule has 0 radical (unpaired) electrons.